The second-order valence-corrected chi connectivity index (χ2v) is 10.3. The molecule has 1 amide bonds. The van der Waals surface area contributed by atoms with Gasteiger partial charge in [-0.05, 0) is 55.5 Å². The average Bonchev–Trinajstić information content (AvgIpc) is 2.77. The summed E-state index contributed by atoms with van der Waals surface area (Å²) in [6, 6.07) is 22.6. The van der Waals surface area contributed by atoms with Crippen molar-refractivity contribution in [3.63, 3.8) is 0 Å². The van der Waals surface area contributed by atoms with Gasteiger partial charge in [0.1, 0.15) is 6.54 Å². The Bertz CT molecular complexity index is 1100. The van der Waals surface area contributed by atoms with Crippen LogP contribution in [-0.2, 0) is 14.8 Å². The average molecular weight is 475 g/mol. The lowest BCUT2D eigenvalue weighted by atomic mass is 10.2. The Labute approximate surface area is 192 Å². The molecule has 0 saturated heterocycles. The van der Waals surface area contributed by atoms with E-state index in [0.717, 1.165) is 9.20 Å². The maximum atomic E-state index is 13.2. The van der Waals surface area contributed by atoms with Crippen molar-refractivity contribution in [2.75, 3.05) is 23.1 Å². The first kappa shape index (κ1) is 23.2. The largest absolute Gasteiger partial charge is 0.354 e. The van der Waals surface area contributed by atoms with Gasteiger partial charge in [0.05, 0.1) is 10.6 Å². The van der Waals surface area contributed by atoms with Crippen molar-refractivity contribution >= 4 is 45.0 Å². The lowest BCUT2D eigenvalue weighted by Crippen LogP contribution is -2.41. The molecule has 5 nitrogen and oxygen atoms in total. The van der Waals surface area contributed by atoms with Gasteiger partial charge in [-0.25, -0.2) is 8.42 Å². The number of halogens is 1. The zero-order chi connectivity index (χ0) is 22.3. The summed E-state index contributed by atoms with van der Waals surface area (Å²) in [4.78, 5) is 13.8. The van der Waals surface area contributed by atoms with E-state index in [1.54, 1.807) is 54.2 Å². The Morgan fingerprint density at radius 2 is 1.61 bits per heavy atom. The Balaban J connectivity index is 1.67. The Hall–Kier alpha value is -2.48. The molecule has 31 heavy (non-hydrogen) atoms. The third-order valence-corrected chi connectivity index (χ3v) is 7.50. The predicted octanol–water partition coefficient (Wildman–Crippen LogP) is 4.75. The fraction of sp³-hybridized carbons (Fsp3) is 0.174. The molecule has 0 saturated carbocycles. The third-order valence-electron chi connectivity index (χ3n) is 4.45. The lowest BCUT2D eigenvalue weighted by Gasteiger charge is -2.24. The highest BCUT2D eigenvalue weighted by Gasteiger charge is 2.26. The van der Waals surface area contributed by atoms with Gasteiger partial charge in [-0.15, -0.1) is 11.8 Å². The van der Waals surface area contributed by atoms with Gasteiger partial charge in [-0.1, -0.05) is 47.5 Å². The topological polar surface area (TPSA) is 66.5 Å². The van der Waals surface area contributed by atoms with Gasteiger partial charge in [-0.3, -0.25) is 9.10 Å². The maximum Gasteiger partial charge on any atom is 0.264 e. The number of amides is 1. The van der Waals surface area contributed by atoms with E-state index in [9.17, 15) is 13.2 Å². The summed E-state index contributed by atoms with van der Waals surface area (Å²) in [6.07, 6.45) is 0. The molecule has 3 aromatic carbocycles. The first-order valence-electron chi connectivity index (χ1n) is 9.66. The molecule has 0 aliphatic heterocycles. The van der Waals surface area contributed by atoms with E-state index >= 15 is 0 Å². The predicted molar refractivity (Wildman–Crippen MR) is 127 cm³/mol. The Morgan fingerprint density at radius 3 is 2.26 bits per heavy atom. The second kappa shape index (κ2) is 10.7. The summed E-state index contributed by atoms with van der Waals surface area (Å²) in [5, 5.41) is 3.29. The van der Waals surface area contributed by atoms with Crippen LogP contribution >= 0.6 is 23.4 Å². The molecular weight excluding hydrogens is 452 g/mol. The molecule has 162 valence electrons. The number of hydrogen-bond acceptors (Lipinski definition) is 4. The summed E-state index contributed by atoms with van der Waals surface area (Å²) in [5.74, 6) is 0.306. The number of benzene rings is 3. The molecule has 0 fully saturated rings. The van der Waals surface area contributed by atoms with E-state index in [4.69, 9.17) is 11.6 Å². The summed E-state index contributed by atoms with van der Waals surface area (Å²) < 4.78 is 27.5. The number of nitrogens with zero attached hydrogens (tertiary/aromatic N) is 1. The highest BCUT2D eigenvalue weighted by Crippen LogP contribution is 2.25. The van der Waals surface area contributed by atoms with Crippen LogP contribution in [0.5, 0.6) is 0 Å². The third kappa shape index (κ3) is 6.50. The number of thioether (sulfide) groups is 1. The Kier molecular flexibility index (Phi) is 8.01. The minimum absolute atomic E-state index is 0.118. The van der Waals surface area contributed by atoms with E-state index in [1.165, 1.54) is 17.7 Å². The lowest BCUT2D eigenvalue weighted by molar-refractivity contribution is -0.119. The number of hydrogen-bond donors (Lipinski definition) is 1. The summed E-state index contributed by atoms with van der Waals surface area (Å²) >= 11 is 7.58. The standard InChI is InChI=1S/C23H23ClN2O3S2/c1-18-7-13-21(14-8-18)30-16-15-25-23(27)17-26(20-11-9-19(24)10-12-20)31(28,29)22-5-3-2-4-6-22/h2-14H,15-17H2,1H3,(H,25,27). The monoisotopic (exact) mass is 474 g/mol. The van der Waals surface area contributed by atoms with Crippen LogP contribution in [-0.4, -0.2) is 33.2 Å². The van der Waals surface area contributed by atoms with Crippen molar-refractivity contribution in [1.29, 1.82) is 0 Å². The van der Waals surface area contributed by atoms with Gasteiger partial charge in [-0.2, -0.15) is 0 Å². The quantitative estimate of drug-likeness (QED) is 0.359. The molecule has 0 aromatic heterocycles. The number of carbonyl (C=O) groups is 1. The normalized spacial score (nSPS) is 11.2. The zero-order valence-electron chi connectivity index (χ0n) is 17.0. The Morgan fingerprint density at radius 1 is 0.968 bits per heavy atom. The fourth-order valence-electron chi connectivity index (χ4n) is 2.82. The first-order chi connectivity index (χ1) is 14.9. The molecule has 3 rings (SSSR count). The number of anilines is 1. The molecule has 0 unspecified atom stereocenters. The summed E-state index contributed by atoms with van der Waals surface area (Å²) in [7, 11) is -3.92. The van der Waals surface area contributed by atoms with Crippen molar-refractivity contribution in [3.05, 3.63) is 89.4 Å². The van der Waals surface area contributed by atoms with Crippen molar-refractivity contribution < 1.29 is 13.2 Å². The van der Waals surface area contributed by atoms with Gasteiger partial charge in [0.25, 0.3) is 10.0 Å². The number of rotatable bonds is 9. The van der Waals surface area contributed by atoms with Crippen LogP contribution in [0.2, 0.25) is 5.02 Å². The van der Waals surface area contributed by atoms with Crippen molar-refractivity contribution in [2.24, 2.45) is 0 Å². The van der Waals surface area contributed by atoms with Gasteiger partial charge in [0.2, 0.25) is 5.91 Å². The zero-order valence-corrected chi connectivity index (χ0v) is 19.4. The van der Waals surface area contributed by atoms with E-state index in [-0.39, 0.29) is 17.3 Å². The maximum absolute atomic E-state index is 13.2. The van der Waals surface area contributed by atoms with Crippen LogP contribution in [0.1, 0.15) is 5.56 Å². The van der Waals surface area contributed by atoms with E-state index < -0.39 is 10.0 Å². The molecule has 0 atom stereocenters. The molecular formula is C23H23ClN2O3S2. The summed E-state index contributed by atoms with van der Waals surface area (Å²) in [5.41, 5.74) is 1.57. The number of sulfonamides is 1. The highest BCUT2D eigenvalue weighted by atomic mass is 35.5. The van der Waals surface area contributed by atoms with Crippen LogP contribution < -0.4 is 9.62 Å². The SMILES string of the molecule is Cc1ccc(SCCNC(=O)CN(c2ccc(Cl)cc2)S(=O)(=O)c2ccccc2)cc1. The molecule has 0 aliphatic rings. The van der Waals surface area contributed by atoms with Crippen LogP contribution in [0.4, 0.5) is 5.69 Å². The van der Waals surface area contributed by atoms with Crippen molar-refractivity contribution in [2.45, 2.75) is 16.7 Å². The van der Waals surface area contributed by atoms with Crippen molar-refractivity contribution in [3.8, 4) is 0 Å². The highest BCUT2D eigenvalue weighted by molar-refractivity contribution is 7.99. The summed E-state index contributed by atoms with van der Waals surface area (Å²) in [6.45, 7) is 2.13. The van der Waals surface area contributed by atoms with E-state index in [0.29, 0.717) is 23.0 Å². The first-order valence-corrected chi connectivity index (χ1v) is 12.5. The molecule has 0 heterocycles. The molecule has 3 aromatic rings. The van der Waals surface area contributed by atoms with Gasteiger partial charge >= 0.3 is 0 Å². The van der Waals surface area contributed by atoms with Crippen LogP contribution in [0.3, 0.4) is 0 Å². The molecule has 8 heteroatoms. The molecule has 0 spiro atoms. The smallest absolute Gasteiger partial charge is 0.264 e. The fourth-order valence-corrected chi connectivity index (χ4v) is 5.16. The van der Waals surface area contributed by atoms with E-state index in [2.05, 4.69) is 5.32 Å². The van der Waals surface area contributed by atoms with Gasteiger partial charge in [0.15, 0.2) is 0 Å². The number of aryl methyl sites for hydroxylation is 1. The number of carbonyl (C=O) groups excluding carboxylic acids is 1. The minimum Gasteiger partial charge on any atom is -0.354 e. The molecule has 1 N–H and O–H groups in total. The minimum atomic E-state index is -3.92. The van der Waals surface area contributed by atoms with Gasteiger partial charge in [0, 0.05) is 22.2 Å². The second-order valence-electron chi connectivity index (χ2n) is 6.81. The molecule has 0 aliphatic carbocycles. The molecule has 0 bridgehead atoms. The molecule has 0 radical (unpaired) electrons. The van der Waals surface area contributed by atoms with Crippen LogP contribution in [0.15, 0.2) is 88.7 Å². The van der Waals surface area contributed by atoms with Crippen molar-refractivity contribution in [1.82, 2.24) is 5.32 Å². The number of nitrogens with one attached hydrogen (secondary N) is 1. The van der Waals surface area contributed by atoms with E-state index in [1.807, 2.05) is 31.2 Å². The van der Waals surface area contributed by atoms with Crippen LogP contribution in [0.25, 0.3) is 0 Å². The van der Waals surface area contributed by atoms with Gasteiger partial charge < -0.3 is 5.32 Å². The van der Waals surface area contributed by atoms with Crippen LogP contribution in [0, 0.1) is 6.92 Å².